The number of ether oxygens (including phenoxy) is 1. The molecule has 0 unspecified atom stereocenters. The number of hydrogen-bond acceptors (Lipinski definition) is 3. The molecule has 0 saturated carbocycles. The second kappa shape index (κ2) is 8.56. The summed E-state index contributed by atoms with van der Waals surface area (Å²) in [6.45, 7) is 2.57. The van der Waals surface area contributed by atoms with Gasteiger partial charge in [-0.25, -0.2) is 0 Å². The highest BCUT2D eigenvalue weighted by Gasteiger charge is 2.06. The van der Waals surface area contributed by atoms with E-state index in [4.69, 9.17) is 4.74 Å². The number of carbonyl (C=O) groups excluding carboxylic acids is 1. The first kappa shape index (κ1) is 15.5. The molecule has 0 bridgehead atoms. The van der Waals surface area contributed by atoms with Crippen molar-refractivity contribution >= 4 is 18.3 Å². The summed E-state index contributed by atoms with van der Waals surface area (Å²) in [5.41, 5.74) is 1.28. The molecule has 5 heteroatoms. The van der Waals surface area contributed by atoms with Gasteiger partial charge in [0.25, 0.3) is 5.91 Å². The van der Waals surface area contributed by atoms with Gasteiger partial charge in [0.05, 0.1) is 0 Å². The minimum Gasteiger partial charge on any atom is -0.484 e. The Morgan fingerprint density at radius 3 is 2.79 bits per heavy atom. The maximum Gasteiger partial charge on any atom is 0.258 e. The fraction of sp³-hybridized carbons (Fsp3) is 0.357. The molecule has 1 heterocycles. The van der Waals surface area contributed by atoms with Crippen LogP contribution in [0.2, 0.25) is 0 Å². The lowest BCUT2D eigenvalue weighted by Gasteiger charge is -2.14. The van der Waals surface area contributed by atoms with Crippen molar-refractivity contribution in [2.75, 3.05) is 26.2 Å². The summed E-state index contributed by atoms with van der Waals surface area (Å²) in [6, 6.07) is 9.35. The van der Waals surface area contributed by atoms with E-state index in [0.717, 1.165) is 19.5 Å². The number of hydrogen-bond donors (Lipinski definition) is 2. The summed E-state index contributed by atoms with van der Waals surface area (Å²) in [5, 5.41) is 6.10. The molecular formula is C14H19ClN2O2. The van der Waals surface area contributed by atoms with E-state index < -0.39 is 0 Å². The normalized spacial score (nSPS) is 14.0. The van der Waals surface area contributed by atoms with Gasteiger partial charge >= 0.3 is 0 Å². The SMILES string of the molecule is Cl.O=C(COc1ccccc1)NCC1=CCNCC1. The Balaban J connectivity index is 0.00000180. The second-order valence-corrected chi connectivity index (χ2v) is 4.19. The first-order valence-electron chi connectivity index (χ1n) is 6.18. The molecule has 0 saturated heterocycles. The first-order chi connectivity index (χ1) is 8.84. The molecule has 1 amide bonds. The van der Waals surface area contributed by atoms with Gasteiger partial charge in [-0.15, -0.1) is 12.4 Å². The lowest BCUT2D eigenvalue weighted by atomic mass is 10.1. The van der Waals surface area contributed by atoms with E-state index in [1.807, 2.05) is 30.3 Å². The van der Waals surface area contributed by atoms with Crippen LogP contribution in [-0.2, 0) is 4.79 Å². The zero-order valence-corrected chi connectivity index (χ0v) is 11.5. The Morgan fingerprint density at radius 1 is 1.32 bits per heavy atom. The maximum absolute atomic E-state index is 11.6. The summed E-state index contributed by atoms with van der Waals surface area (Å²) >= 11 is 0. The largest absolute Gasteiger partial charge is 0.484 e. The third kappa shape index (κ3) is 5.77. The fourth-order valence-corrected chi connectivity index (χ4v) is 1.76. The monoisotopic (exact) mass is 282 g/mol. The van der Waals surface area contributed by atoms with Gasteiger partial charge < -0.3 is 15.4 Å². The molecule has 0 atom stereocenters. The zero-order chi connectivity index (χ0) is 12.6. The van der Waals surface area contributed by atoms with Gasteiger partial charge in [0, 0.05) is 13.1 Å². The minimum atomic E-state index is -0.0849. The molecule has 0 fully saturated rings. The molecule has 0 aliphatic carbocycles. The number of nitrogens with one attached hydrogen (secondary N) is 2. The fourth-order valence-electron chi connectivity index (χ4n) is 1.76. The highest BCUT2D eigenvalue weighted by atomic mass is 35.5. The van der Waals surface area contributed by atoms with Crippen molar-refractivity contribution < 1.29 is 9.53 Å². The predicted molar refractivity (Wildman–Crippen MR) is 77.8 cm³/mol. The Hall–Kier alpha value is -1.52. The minimum absolute atomic E-state index is 0. The van der Waals surface area contributed by atoms with Crippen molar-refractivity contribution in [1.29, 1.82) is 0 Å². The van der Waals surface area contributed by atoms with Crippen molar-refractivity contribution in [3.05, 3.63) is 42.0 Å². The van der Waals surface area contributed by atoms with Crippen LogP contribution in [0.5, 0.6) is 5.75 Å². The molecule has 0 aromatic heterocycles. The van der Waals surface area contributed by atoms with E-state index in [0.29, 0.717) is 12.3 Å². The lowest BCUT2D eigenvalue weighted by molar-refractivity contribution is -0.122. The Bertz CT molecular complexity index is 421. The van der Waals surface area contributed by atoms with Gasteiger partial charge in [0.15, 0.2) is 6.61 Å². The first-order valence-corrected chi connectivity index (χ1v) is 6.18. The zero-order valence-electron chi connectivity index (χ0n) is 10.7. The summed E-state index contributed by atoms with van der Waals surface area (Å²) in [6.07, 6.45) is 3.13. The van der Waals surface area contributed by atoms with Gasteiger partial charge in [0.1, 0.15) is 5.75 Å². The average molecular weight is 283 g/mol. The topological polar surface area (TPSA) is 50.4 Å². The third-order valence-electron chi connectivity index (χ3n) is 2.78. The van der Waals surface area contributed by atoms with Gasteiger partial charge in [-0.2, -0.15) is 0 Å². The van der Waals surface area contributed by atoms with Crippen LogP contribution < -0.4 is 15.4 Å². The van der Waals surface area contributed by atoms with E-state index in [9.17, 15) is 4.79 Å². The molecule has 1 aromatic carbocycles. The van der Waals surface area contributed by atoms with E-state index in [-0.39, 0.29) is 24.9 Å². The standard InChI is InChI=1S/C14H18N2O2.ClH/c17-14(11-18-13-4-2-1-3-5-13)16-10-12-6-8-15-9-7-12;/h1-6,15H,7-11H2,(H,16,17);1H. The van der Waals surface area contributed by atoms with Crippen molar-refractivity contribution in [2.24, 2.45) is 0 Å². The quantitative estimate of drug-likeness (QED) is 0.805. The van der Waals surface area contributed by atoms with Gasteiger partial charge in [-0.05, 0) is 25.1 Å². The highest BCUT2D eigenvalue weighted by Crippen LogP contribution is 2.07. The van der Waals surface area contributed by atoms with Gasteiger partial charge in [-0.3, -0.25) is 4.79 Å². The van der Waals surface area contributed by atoms with Crippen LogP contribution in [0.1, 0.15) is 6.42 Å². The van der Waals surface area contributed by atoms with Crippen LogP contribution in [0.15, 0.2) is 42.0 Å². The van der Waals surface area contributed by atoms with E-state index in [1.54, 1.807) is 0 Å². The van der Waals surface area contributed by atoms with Crippen molar-refractivity contribution in [2.45, 2.75) is 6.42 Å². The molecule has 1 aromatic rings. The molecule has 104 valence electrons. The van der Waals surface area contributed by atoms with Gasteiger partial charge in [-0.1, -0.05) is 29.8 Å². The number of benzene rings is 1. The predicted octanol–water partition coefficient (Wildman–Crippen LogP) is 1.52. The Morgan fingerprint density at radius 2 is 2.11 bits per heavy atom. The van der Waals surface area contributed by atoms with Crippen molar-refractivity contribution in [3.63, 3.8) is 0 Å². The number of carbonyl (C=O) groups is 1. The van der Waals surface area contributed by atoms with Crippen molar-refractivity contribution in [3.8, 4) is 5.75 Å². The second-order valence-electron chi connectivity index (χ2n) is 4.19. The molecule has 19 heavy (non-hydrogen) atoms. The van der Waals surface area contributed by atoms with Crippen LogP contribution in [-0.4, -0.2) is 32.1 Å². The van der Waals surface area contributed by atoms with E-state index in [2.05, 4.69) is 16.7 Å². The molecule has 1 aliphatic heterocycles. The smallest absolute Gasteiger partial charge is 0.258 e. The van der Waals surface area contributed by atoms with Gasteiger partial charge in [0.2, 0.25) is 0 Å². The molecule has 2 N–H and O–H groups in total. The molecule has 1 aliphatic rings. The molecule has 2 rings (SSSR count). The average Bonchev–Trinajstić information content (AvgIpc) is 2.45. The number of rotatable bonds is 5. The summed E-state index contributed by atoms with van der Waals surface area (Å²) < 4.78 is 5.36. The van der Waals surface area contributed by atoms with Crippen LogP contribution in [0.3, 0.4) is 0 Å². The molecule has 4 nitrogen and oxygen atoms in total. The highest BCUT2D eigenvalue weighted by molar-refractivity contribution is 5.85. The molecular weight excluding hydrogens is 264 g/mol. The van der Waals surface area contributed by atoms with Crippen LogP contribution in [0, 0.1) is 0 Å². The maximum atomic E-state index is 11.6. The molecule has 0 spiro atoms. The molecule has 0 radical (unpaired) electrons. The number of para-hydroxylation sites is 1. The van der Waals surface area contributed by atoms with Crippen LogP contribution >= 0.6 is 12.4 Å². The van der Waals surface area contributed by atoms with E-state index >= 15 is 0 Å². The number of halogens is 1. The summed E-state index contributed by atoms with van der Waals surface area (Å²) in [5.74, 6) is 0.631. The lowest BCUT2D eigenvalue weighted by Crippen LogP contribution is -2.32. The van der Waals surface area contributed by atoms with Crippen LogP contribution in [0.4, 0.5) is 0 Å². The summed E-state index contributed by atoms with van der Waals surface area (Å²) in [7, 11) is 0. The number of amides is 1. The third-order valence-corrected chi connectivity index (χ3v) is 2.78. The van der Waals surface area contributed by atoms with E-state index in [1.165, 1.54) is 5.57 Å². The van der Waals surface area contributed by atoms with Crippen LogP contribution in [0.25, 0.3) is 0 Å². The summed E-state index contributed by atoms with van der Waals surface area (Å²) in [4.78, 5) is 11.6. The Labute approximate surface area is 119 Å². The van der Waals surface area contributed by atoms with Crippen molar-refractivity contribution in [1.82, 2.24) is 10.6 Å². The Kier molecular flexibility index (Phi) is 7.00.